The van der Waals surface area contributed by atoms with Crippen LogP contribution in [0.5, 0.6) is 0 Å². The zero-order valence-electron chi connectivity index (χ0n) is 8.71. The van der Waals surface area contributed by atoms with E-state index in [1.165, 1.54) is 12.1 Å². The van der Waals surface area contributed by atoms with Gasteiger partial charge in [-0.3, -0.25) is 0 Å². The van der Waals surface area contributed by atoms with E-state index >= 15 is 0 Å². The summed E-state index contributed by atoms with van der Waals surface area (Å²) in [5.41, 5.74) is 3.26. The molecule has 1 aromatic carbocycles. The fourth-order valence-electron chi connectivity index (χ4n) is 2.00. The van der Waals surface area contributed by atoms with Crippen LogP contribution in [0.3, 0.4) is 0 Å². The molecule has 0 radical (unpaired) electrons. The summed E-state index contributed by atoms with van der Waals surface area (Å²) in [7, 11) is 0. The number of rotatable bonds is 3. The Hall–Kier alpha value is -0.590. The fourth-order valence-corrected chi connectivity index (χ4v) is 2.36. The van der Waals surface area contributed by atoms with Crippen LogP contribution in [0.4, 0.5) is 13.2 Å². The zero-order chi connectivity index (χ0) is 12.8. The van der Waals surface area contributed by atoms with Crippen LogP contribution < -0.4 is 5.73 Å². The van der Waals surface area contributed by atoms with Gasteiger partial charge in [-0.2, -0.15) is 0 Å². The van der Waals surface area contributed by atoms with Crippen molar-refractivity contribution in [3.63, 3.8) is 0 Å². The lowest BCUT2D eigenvalue weighted by molar-refractivity contribution is 0.0261. The van der Waals surface area contributed by atoms with Gasteiger partial charge < -0.3 is 10.8 Å². The molecular formula is C11H11BrF3NO. The van der Waals surface area contributed by atoms with Gasteiger partial charge in [-0.05, 0) is 24.6 Å². The molecule has 3 atom stereocenters. The Morgan fingerprint density at radius 2 is 2.06 bits per heavy atom. The molecule has 1 unspecified atom stereocenters. The second-order valence-corrected chi connectivity index (χ2v) is 5.18. The molecule has 1 aromatic rings. The third-order valence-electron chi connectivity index (χ3n) is 3.13. The fraction of sp³-hybridized carbons (Fsp3) is 0.455. The van der Waals surface area contributed by atoms with Crippen LogP contribution in [0.25, 0.3) is 0 Å². The van der Waals surface area contributed by atoms with Crippen molar-refractivity contribution in [1.82, 2.24) is 0 Å². The van der Waals surface area contributed by atoms with E-state index in [4.69, 9.17) is 5.73 Å². The monoisotopic (exact) mass is 309 g/mol. The first-order valence-corrected chi connectivity index (χ1v) is 5.87. The van der Waals surface area contributed by atoms with Gasteiger partial charge in [-0.1, -0.05) is 15.9 Å². The summed E-state index contributed by atoms with van der Waals surface area (Å²) in [4.78, 5) is 0. The van der Waals surface area contributed by atoms with Crippen molar-refractivity contribution in [2.24, 2.45) is 11.7 Å². The quantitative estimate of drug-likeness (QED) is 0.900. The van der Waals surface area contributed by atoms with E-state index < -0.39 is 29.8 Å². The lowest BCUT2D eigenvalue weighted by atomic mass is 9.85. The molecular weight excluding hydrogens is 299 g/mol. The van der Waals surface area contributed by atoms with E-state index in [0.29, 0.717) is 4.47 Å². The molecule has 94 valence electrons. The molecule has 1 saturated carbocycles. The van der Waals surface area contributed by atoms with Gasteiger partial charge in [-0.25, -0.2) is 13.2 Å². The van der Waals surface area contributed by atoms with Gasteiger partial charge in [-0.15, -0.1) is 0 Å². The van der Waals surface area contributed by atoms with Crippen molar-refractivity contribution < 1.29 is 18.3 Å². The summed E-state index contributed by atoms with van der Waals surface area (Å²) in [6, 6.07) is 3.73. The Kier molecular flexibility index (Phi) is 3.22. The van der Waals surface area contributed by atoms with Crippen molar-refractivity contribution in [2.75, 3.05) is 0 Å². The highest BCUT2D eigenvalue weighted by Crippen LogP contribution is 2.48. The smallest absolute Gasteiger partial charge is 0.260 e. The van der Waals surface area contributed by atoms with Gasteiger partial charge >= 0.3 is 0 Å². The number of aliphatic hydroxyl groups excluding tert-OH is 1. The van der Waals surface area contributed by atoms with E-state index in [1.54, 1.807) is 0 Å². The molecule has 1 aliphatic carbocycles. The lowest BCUT2D eigenvalue weighted by Gasteiger charge is -2.29. The maximum atomic E-state index is 13.6. The largest absolute Gasteiger partial charge is 0.393 e. The van der Waals surface area contributed by atoms with Crippen molar-refractivity contribution >= 4 is 15.9 Å². The number of hydrogen-bond donors (Lipinski definition) is 2. The number of nitrogens with two attached hydrogens (primary N) is 1. The highest BCUT2D eigenvalue weighted by atomic mass is 79.9. The minimum Gasteiger partial charge on any atom is -0.393 e. The minimum absolute atomic E-state index is 0.173. The van der Waals surface area contributed by atoms with Crippen LogP contribution >= 0.6 is 15.9 Å². The predicted molar refractivity (Wildman–Crippen MR) is 60.1 cm³/mol. The zero-order valence-corrected chi connectivity index (χ0v) is 10.3. The molecule has 0 spiro atoms. The predicted octanol–water partition coefficient (Wildman–Crippen LogP) is 2.39. The summed E-state index contributed by atoms with van der Waals surface area (Å²) in [6.07, 6.45) is -3.65. The Bertz CT molecular complexity index is 443. The summed E-state index contributed by atoms with van der Waals surface area (Å²) in [5, 5.41) is 9.28. The maximum absolute atomic E-state index is 13.6. The van der Waals surface area contributed by atoms with Crippen LogP contribution in [0.15, 0.2) is 22.7 Å². The van der Waals surface area contributed by atoms with E-state index in [2.05, 4.69) is 15.9 Å². The standard InChI is InChI=1S/C11H11BrF3NO/c12-5-1-2-8(13)6(3-5)11(16,10(14)15)7-4-9(7)17/h1-3,7,9-10,17H,4,16H2/t7?,9-,11-/m1/s1. The van der Waals surface area contributed by atoms with Crippen molar-refractivity contribution in [1.29, 1.82) is 0 Å². The summed E-state index contributed by atoms with van der Waals surface area (Å²) in [5.74, 6) is -1.58. The number of hydrogen-bond acceptors (Lipinski definition) is 2. The van der Waals surface area contributed by atoms with Crippen molar-refractivity contribution in [2.45, 2.75) is 24.5 Å². The van der Waals surface area contributed by atoms with Gasteiger partial charge in [0.25, 0.3) is 6.43 Å². The first kappa shape index (κ1) is 12.9. The van der Waals surface area contributed by atoms with Gasteiger partial charge in [0.15, 0.2) is 0 Å². The summed E-state index contributed by atoms with van der Waals surface area (Å²) >= 11 is 3.09. The van der Waals surface area contributed by atoms with Crippen LogP contribution in [0.1, 0.15) is 12.0 Å². The molecule has 0 amide bonds. The molecule has 0 aromatic heterocycles. The Labute approximate surface area is 105 Å². The highest BCUT2D eigenvalue weighted by Gasteiger charge is 2.57. The second kappa shape index (κ2) is 4.26. The van der Waals surface area contributed by atoms with Crippen LogP contribution in [0, 0.1) is 11.7 Å². The van der Waals surface area contributed by atoms with Crippen LogP contribution in [0.2, 0.25) is 0 Å². The molecule has 1 aliphatic rings. The summed E-state index contributed by atoms with van der Waals surface area (Å²) in [6.45, 7) is 0. The van der Waals surface area contributed by atoms with E-state index in [9.17, 15) is 18.3 Å². The maximum Gasteiger partial charge on any atom is 0.260 e. The Morgan fingerprint density at radius 1 is 1.47 bits per heavy atom. The van der Waals surface area contributed by atoms with Crippen molar-refractivity contribution in [3.05, 3.63) is 34.1 Å². The minimum atomic E-state index is -2.94. The van der Waals surface area contributed by atoms with Crippen molar-refractivity contribution in [3.8, 4) is 0 Å². The molecule has 17 heavy (non-hydrogen) atoms. The topological polar surface area (TPSA) is 46.2 Å². The van der Waals surface area contributed by atoms with Gasteiger partial charge in [0.05, 0.1) is 6.10 Å². The molecule has 0 bridgehead atoms. The van der Waals surface area contributed by atoms with Crippen LogP contribution in [-0.2, 0) is 5.54 Å². The molecule has 1 fully saturated rings. The number of alkyl halides is 2. The second-order valence-electron chi connectivity index (χ2n) is 4.27. The molecule has 3 N–H and O–H groups in total. The average Bonchev–Trinajstić information content (AvgIpc) is 2.98. The van der Waals surface area contributed by atoms with Gasteiger partial charge in [0, 0.05) is 16.0 Å². The molecule has 0 heterocycles. The summed E-state index contributed by atoms with van der Waals surface area (Å²) < 4.78 is 40.4. The molecule has 6 heteroatoms. The number of benzene rings is 1. The van der Waals surface area contributed by atoms with Crippen LogP contribution in [-0.4, -0.2) is 17.6 Å². The molecule has 0 saturated heterocycles. The third kappa shape index (κ3) is 2.09. The van der Waals surface area contributed by atoms with E-state index in [0.717, 1.165) is 6.07 Å². The molecule has 2 rings (SSSR count). The first-order valence-electron chi connectivity index (χ1n) is 5.08. The first-order chi connectivity index (χ1) is 7.87. The number of aliphatic hydroxyl groups is 1. The van der Waals surface area contributed by atoms with Gasteiger partial charge in [0.1, 0.15) is 11.4 Å². The Morgan fingerprint density at radius 3 is 2.53 bits per heavy atom. The molecule has 2 nitrogen and oxygen atoms in total. The normalized spacial score (nSPS) is 27.0. The SMILES string of the molecule is N[C@@](c1cc(Br)ccc1F)(C(F)F)C1C[C@H]1O. The Balaban J connectivity index is 2.49. The average molecular weight is 310 g/mol. The lowest BCUT2D eigenvalue weighted by Crippen LogP contribution is -2.47. The number of halogens is 4. The van der Waals surface area contributed by atoms with E-state index in [1.807, 2.05) is 0 Å². The third-order valence-corrected chi connectivity index (χ3v) is 3.62. The highest BCUT2D eigenvalue weighted by molar-refractivity contribution is 9.10. The van der Waals surface area contributed by atoms with E-state index in [-0.39, 0.29) is 12.0 Å². The van der Waals surface area contributed by atoms with Gasteiger partial charge in [0.2, 0.25) is 0 Å². The molecule has 0 aliphatic heterocycles.